The molecule has 0 saturated heterocycles. The van der Waals surface area contributed by atoms with Gasteiger partial charge in [-0.1, -0.05) is 13.0 Å². The van der Waals surface area contributed by atoms with Crippen molar-refractivity contribution in [3.8, 4) is 11.5 Å². The Morgan fingerprint density at radius 1 is 1.08 bits per heavy atom. The molecule has 0 bridgehead atoms. The van der Waals surface area contributed by atoms with Gasteiger partial charge in [-0.05, 0) is 48.7 Å². The third-order valence-electron chi connectivity index (χ3n) is 5.14. The van der Waals surface area contributed by atoms with Gasteiger partial charge in [-0.2, -0.15) is 0 Å². The van der Waals surface area contributed by atoms with Crippen molar-refractivity contribution in [2.75, 3.05) is 14.2 Å². The second-order valence-corrected chi connectivity index (χ2v) is 6.51. The van der Waals surface area contributed by atoms with Crippen molar-refractivity contribution >= 4 is 16.7 Å². The lowest BCUT2D eigenvalue weighted by Crippen LogP contribution is -2.06. The van der Waals surface area contributed by atoms with Gasteiger partial charge in [0.25, 0.3) is 0 Å². The van der Waals surface area contributed by atoms with Crippen molar-refractivity contribution in [3.63, 3.8) is 0 Å². The van der Waals surface area contributed by atoms with E-state index in [1.165, 1.54) is 0 Å². The molecular formula is C21H21NO3. The van der Waals surface area contributed by atoms with Crippen molar-refractivity contribution in [1.29, 1.82) is 0 Å². The first-order valence-electron chi connectivity index (χ1n) is 8.53. The first kappa shape index (κ1) is 15.8. The van der Waals surface area contributed by atoms with E-state index in [1.807, 2.05) is 36.4 Å². The van der Waals surface area contributed by atoms with Crippen molar-refractivity contribution in [2.24, 2.45) is 0 Å². The van der Waals surface area contributed by atoms with Gasteiger partial charge in [0.05, 0.1) is 30.7 Å². The van der Waals surface area contributed by atoms with Crippen LogP contribution >= 0.6 is 0 Å². The van der Waals surface area contributed by atoms with Crippen LogP contribution < -0.4 is 9.47 Å². The van der Waals surface area contributed by atoms with Crippen LogP contribution in [0.2, 0.25) is 0 Å². The van der Waals surface area contributed by atoms with Crippen molar-refractivity contribution in [2.45, 2.75) is 25.8 Å². The van der Waals surface area contributed by atoms with E-state index in [1.54, 1.807) is 14.2 Å². The van der Waals surface area contributed by atoms with Gasteiger partial charge in [-0.25, -0.2) is 0 Å². The Morgan fingerprint density at radius 3 is 2.52 bits per heavy atom. The van der Waals surface area contributed by atoms with Crippen LogP contribution in [-0.4, -0.2) is 24.6 Å². The van der Waals surface area contributed by atoms with Crippen molar-refractivity contribution in [3.05, 3.63) is 59.3 Å². The summed E-state index contributed by atoms with van der Waals surface area (Å²) in [6, 6.07) is 13.3. The van der Waals surface area contributed by atoms with Crippen LogP contribution in [0.1, 0.15) is 40.9 Å². The number of carbonyl (C=O) groups excluding carboxylic acids is 1. The Bertz CT molecular complexity index is 953. The highest BCUT2D eigenvalue weighted by molar-refractivity contribution is 6.19. The van der Waals surface area contributed by atoms with Gasteiger partial charge >= 0.3 is 0 Å². The average molecular weight is 335 g/mol. The Morgan fingerprint density at radius 2 is 1.84 bits per heavy atom. The molecule has 2 heterocycles. The van der Waals surface area contributed by atoms with E-state index in [4.69, 9.17) is 9.47 Å². The molecule has 0 saturated carbocycles. The number of nitrogens with zero attached hydrogens (tertiary/aromatic N) is 1. The number of rotatable bonds is 4. The Hall–Kier alpha value is -2.75. The maximum absolute atomic E-state index is 13.4. The number of methoxy groups -OCH3 is 2. The van der Waals surface area contributed by atoms with Gasteiger partial charge in [0.2, 0.25) is 0 Å². The summed E-state index contributed by atoms with van der Waals surface area (Å²) >= 11 is 0. The zero-order valence-corrected chi connectivity index (χ0v) is 14.7. The van der Waals surface area contributed by atoms with Crippen LogP contribution in [0.3, 0.4) is 0 Å². The molecule has 3 aromatic rings. The number of aromatic nitrogens is 1. The molecule has 0 fully saturated rings. The van der Waals surface area contributed by atoms with Crippen LogP contribution in [0.5, 0.6) is 11.5 Å². The maximum atomic E-state index is 13.4. The zero-order valence-electron chi connectivity index (χ0n) is 14.7. The molecular weight excluding hydrogens is 314 g/mol. The first-order chi connectivity index (χ1) is 12.2. The summed E-state index contributed by atoms with van der Waals surface area (Å²) in [4.78, 5) is 13.4. The average Bonchev–Trinajstić information content (AvgIpc) is 3.19. The molecule has 4 heteroatoms. The molecule has 1 aliphatic rings. The van der Waals surface area contributed by atoms with Crippen LogP contribution in [0, 0.1) is 0 Å². The van der Waals surface area contributed by atoms with Gasteiger partial charge in [0.15, 0.2) is 5.78 Å². The highest BCUT2D eigenvalue weighted by Gasteiger charge is 2.31. The van der Waals surface area contributed by atoms with Gasteiger partial charge < -0.3 is 14.0 Å². The molecule has 0 N–H and O–H groups in total. The Balaban J connectivity index is 1.96. The summed E-state index contributed by atoms with van der Waals surface area (Å²) in [5, 5.41) is 0.923. The molecule has 1 atom stereocenters. The monoisotopic (exact) mass is 335 g/mol. The Labute approximate surface area is 147 Å². The number of ketones is 1. The van der Waals surface area contributed by atoms with Crippen molar-refractivity contribution in [1.82, 2.24) is 4.57 Å². The van der Waals surface area contributed by atoms with E-state index >= 15 is 0 Å². The largest absolute Gasteiger partial charge is 0.497 e. The maximum Gasteiger partial charge on any atom is 0.195 e. The minimum atomic E-state index is 0.0413. The van der Waals surface area contributed by atoms with E-state index in [2.05, 4.69) is 17.6 Å². The zero-order chi connectivity index (χ0) is 17.6. The first-order valence-corrected chi connectivity index (χ1v) is 8.53. The van der Waals surface area contributed by atoms with E-state index in [0.717, 1.165) is 46.6 Å². The van der Waals surface area contributed by atoms with E-state index < -0.39 is 0 Å². The summed E-state index contributed by atoms with van der Waals surface area (Å²) in [7, 11) is 3.28. The Kier molecular flexibility index (Phi) is 3.75. The molecule has 4 rings (SSSR count). The molecule has 0 aliphatic carbocycles. The molecule has 1 aliphatic heterocycles. The highest BCUT2D eigenvalue weighted by Crippen LogP contribution is 2.42. The number of carbonyl (C=O) groups is 1. The minimum absolute atomic E-state index is 0.0413. The molecule has 0 amide bonds. The number of aryl methyl sites for hydroxylation is 1. The second-order valence-electron chi connectivity index (χ2n) is 6.51. The lowest BCUT2D eigenvalue weighted by Gasteiger charge is -2.09. The number of hydrogen-bond acceptors (Lipinski definition) is 3. The number of benzene rings is 2. The molecule has 2 aromatic carbocycles. The van der Waals surface area contributed by atoms with E-state index in [0.29, 0.717) is 11.5 Å². The normalized spacial score (nSPS) is 16.0. The molecule has 25 heavy (non-hydrogen) atoms. The van der Waals surface area contributed by atoms with Crippen LogP contribution in [0.25, 0.3) is 10.9 Å². The van der Waals surface area contributed by atoms with Gasteiger partial charge in [0.1, 0.15) is 11.5 Å². The fourth-order valence-corrected chi connectivity index (χ4v) is 3.89. The van der Waals surface area contributed by atoms with Crippen LogP contribution in [0.4, 0.5) is 0 Å². The van der Waals surface area contributed by atoms with Crippen molar-refractivity contribution < 1.29 is 14.3 Å². The summed E-state index contributed by atoms with van der Waals surface area (Å²) < 4.78 is 13.1. The highest BCUT2D eigenvalue weighted by atomic mass is 16.5. The molecule has 1 aromatic heterocycles. The predicted molar refractivity (Wildman–Crippen MR) is 97.9 cm³/mol. The second kappa shape index (κ2) is 5.96. The lowest BCUT2D eigenvalue weighted by molar-refractivity contribution is 0.103. The summed E-state index contributed by atoms with van der Waals surface area (Å²) in [5.74, 6) is 1.90. The molecule has 0 radical (unpaired) electrons. The fourth-order valence-electron chi connectivity index (χ4n) is 3.89. The molecule has 128 valence electrons. The SMILES string of the molecule is COc1ccc(C(=O)c2c3n(c4cccc(OC)c24)CCC3C)cc1. The van der Waals surface area contributed by atoms with Gasteiger partial charge in [-0.15, -0.1) is 0 Å². The summed E-state index contributed by atoms with van der Waals surface area (Å²) in [6.07, 6.45) is 1.06. The van der Waals surface area contributed by atoms with E-state index in [-0.39, 0.29) is 5.78 Å². The van der Waals surface area contributed by atoms with E-state index in [9.17, 15) is 4.79 Å². The number of hydrogen-bond donors (Lipinski definition) is 0. The number of fused-ring (bicyclic) bond motifs is 3. The molecule has 1 unspecified atom stereocenters. The standard InChI is InChI=1S/C21H21NO3/c1-13-11-12-22-16-5-4-6-17(25-3)18(16)19(20(13)22)21(23)14-7-9-15(24-2)10-8-14/h4-10,13H,11-12H2,1-3H3. The predicted octanol–water partition coefficient (Wildman–Crippen LogP) is 4.40. The topological polar surface area (TPSA) is 40.5 Å². The van der Waals surface area contributed by atoms with Crippen LogP contribution in [0.15, 0.2) is 42.5 Å². The number of ether oxygens (including phenoxy) is 2. The molecule has 0 spiro atoms. The van der Waals surface area contributed by atoms with Crippen LogP contribution in [-0.2, 0) is 6.54 Å². The molecule has 4 nitrogen and oxygen atoms in total. The third kappa shape index (κ3) is 2.32. The van der Waals surface area contributed by atoms with Gasteiger partial charge in [-0.3, -0.25) is 4.79 Å². The fraction of sp³-hybridized carbons (Fsp3) is 0.286. The smallest absolute Gasteiger partial charge is 0.195 e. The van der Waals surface area contributed by atoms with Gasteiger partial charge in [0, 0.05) is 17.8 Å². The summed E-state index contributed by atoms with van der Waals surface area (Å²) in [6.45, 7) is 3.13. The minimum Gasteiger partial charge on any atom is -0.497 e. The third-order valence-corrected chi connectivity index (χ3v) is 5.14. The quantitative estimate of drug-likeness (QED) is 0.664. The lowest BCUT2D eigenvalue weighted by atomic mass is 9.94. The summed E-state index contributed by atoms with van der Waals surface area (Å²) in [5.41, 5.74) is 3.65.